The molecule has 4 aromatic carbocycles. The molecule has 194 valence electrons. The van der Waals surface area contributed by atoms with Crippen LogP contribution in [0.3, 0.4) is 0 Å². The normalized spacial score (nSPS) is 13.6. The van der Waals surface area contributed by atoms with Gasteiger partial charge in [0, 0.05) is 15.1 Å². The molecular weight excluding hydrogens is 648 g/mol. The van der Waals surface area contributed by atoms with E-state index in [9.17, 15) is 14.4 Å². The molecule has 1 heterocycles. The molecule has 1 aliphatic heterocycles. The number of hydrogen-bond donors (Lipinski definition) is 0. The van der Waals surface area contributed by atoms with Gasteiger partial charge in [-0.1, -0.05) is 76.1 Å². The van der Waals surface area contributed by atoms with Gasteiger partial charge in [-0.05, 0) is 76.1 Å². The summed E-state index contributed by atoms with van der Waals surface area (Å²) in [5.74, 6) is -1.05. The third-order valence-electron chi connectivity index (χ3n) is 5.89. The minimum absolute atomic E-state index is 0.195. The summed E-state index contributed by atoms with van der Waals surface area (Å²) < 4.78 is 7.44. The summed E-state index contributed by atoms with van der Waals surface area (Å²) in [6.07, 6.45) is 1.45. The van der Waals surface area contributed by atoms with Crippen LogP contribution in [0.5, 0.6) is 5.75 Å². The molecule has 0 spiro atoms. The quantitative estimate of drug-likeness (QED) is 0.154. The number of carbonyl (C=O) groups excluding carboxylic acids is 3. The lowest BCUT2D eigenvalue weighted by molar-refractivity contribution is -0.121. The topological polar surface area (TPSA) is 66.9 Å². The Bertz CT molecular complexity index is 1550. The van der Waals surface area contributed by atoms with Gasteiger partial charge < -0.3 is 4.74 Å². The molecule has 1 fully saturated rings. The Morgan fingerprint density at radius 2 is 1.33 bits per heavy atom. The zero-order chi connectivity index (χ0) is 27.5. The number of anilines is 2. The molecule has 39 heavy (non-hydrogen) atoms. The number of benzene rings is 4. The molecule has 0 N–H and O–H groups in total. The monoisotopic (exact) mass is 664 g/mol. The molecule has 1 saturated heterocycles. The first-order chi connectivity index (χ1) is 18.8. The number of barbiturate groups is 1. The fraction of sp³-hybridized carbons (Fsp3) is 0.0333. The molecule has 0 unspecified atom stereocenters. The molecule has 6 nitrogen and oxygen atoms in total. The van der Waals surface area contributed by atoms with Crippen molar-refractivity contribution >= 4 is 78.8 Å². The maximum Gasteiger partial charge on any atom is 0.343 e. The number of halogens is 3. The van der Waals surface area contributed by atoms with Gasteiger partial charge >= 0.3 is 6.03 Å². The Labute approximate surface area is 246 Å². The van der Waals surface area contributed by atoms with E-state index in [4.69, 9.17) is 16.3 Å². The lowest BCUT2D eigenvalue weighted by Gasteiger charge is -2.34. The first-order valence-electron chi connectivity index (χ1n) is 11.7. The number of urea groups is 1. The highest BCUT2D eigenvalue weighted by atomic mass is 79.9. The van der Waals surface area contributed by atoms with Crippen LogP contribution in [0.2, 0.25) is 5.02 Å². The van der Waals surface area contributed by atoms with Crippen LogP contribution in [0, 0.1) is 0 Å². The molecule has 1 aliphatic rings. The predicted octanol–water partition coefficient (Wildman–Crippen LogP) is 8.03. The predicted molar refractivity (Wildman–Crippen MR) is 159 cm³/mol. The highest BCUT2D eigenvalue weighted by Crippen LogP contribution is 2.37. The van der Waals surface area contributed by atoms with E-state index in [0.29, 0.717) is 36.7 Å². The van der Waals surface area contributed by atoms with E-state index in [1.807, 2.05) is 12.1 Å². The van der Waals surface area contributed by atoms with Crippen molar-refractivity contribution in [2.75, 3.05) is 9.80 Å². The maximum absolute atomic E-state index is 13.7. The summed E-state index contributed by atoms with van der Waals surface area (Å²) in [7, 11) is 0. The number of carbonyl (C=O) groups is 3. The van der Waals surface area contributed by atoms with E-state index >= 15 is 0 Å². The number of rotatable bonds is 6. The zero-order valence-electron chi connectivity index (χ0n) is 20.2. The molecule has 0 atom stereocenters. The third kappa shape index (κ3) is 5.68. The van der Waals surface area contributed by atoms with Gasteiger partial charge in [0.15, 0.2) is 0 Å². The van der Waals surface area contributed by atoms with E-state index in [1.54, 1.807) is 84.9 Å². The number of nitrogens with zero attached hydrogens (tertiary/aromatic N) is 2. The molecule has 4 aromatic rings. The minimum atomic E-state index is -0.757. The molecule has 9 heteroatoms. The molecule has 4 amide bonds. The van der Waals surface area contributed by atoms with E-state index in [0.717, 1.165) is 15.4 Å². The fourth-order valence-electron chi connectivity index (χ4n) is 4.12. The number of hydrogen-bond acceptors (Lipinski definition) is 4. The van der Waals surface area contributed by atoms with Crippen LogP contribution >= 0.6 is 43.5 Å². The second kappa shape index (κ2) is 11.6. The molecule has 0 radical (unpaired) electrons. The number of imide groups is 2. The second-order valence-corrected chi connectivity index (χ2v) is 10.7. The van der Waals surface area contributed by atoms with Gasteiger partial charge in [0.1, 0.15) is 17.9 Å². The Hall–Kier alpha value is -3.72. The Balaban J connectivity index is 1.61. The SMILES string of the molecule is O=C1C(=Cc2cc(Br)cc(Br)c2OCc2cccc(Cl)c2)C(=O)N(c2ccccc2)C(=O)N1c1ccccc1. The number of amides is 4. The van der Waals surface area contributed by atoms with E-state index < -0.39 is 17.8 Å². The van der Waals surface area contributed by atoms with Gasteiger partial charge in [-0.15, -0.1) is 0 Å². The van der Waals surface area contributed by atoms with Crippen molar-refractivity contribution in [2.24, 2.45) is 0 Å². The van der Waals surface area contributed by atoms with Crippen molar-refractivity contribution in [1.29, 1.82) is 0 Å². The summed E-state index contributed by atoms with van der Waals surface area (Å²) in [5, 5.41) is 0.582. The van der Waals surface area contributed by atoms with Crippen molar-refractivity contribution < 1.29 is 19.1 Å². The average Bonchev–Trinajstić information content (AvgIpc) is 2.92. The highest BCUT2D eigenvalue weighted by molar-refractivity contribution is 9.11. The molecule has 5 rings (SSSR count). The fourth-order valence-corrected chi connectivity index (χ4v) is 5.70. The minimum Gasteiger partial charge on any atom is -0.487 e. The van der Waals surface area contributed by atoms with Gasteiger partial charge in [-0.25, -0.2) is 14.6 Å². The lowest BCUT2D eigenvalue weighted by atomic mass is 10.0. The van der Waals surface area contributed by atoms with Crippen LogP contribution < -0.4 is 14.5 Å². The van der Waals surface area contributed by atoms with E-state index in [2.05, 4.69) is 31.9 Å². The Morgan fingerprint density at radius 3 is 1.90 bits per heavy atom. The Kier molecular flexibility index (Phi) is 7.97. The average molecular weight is 667 g/mol. The van der Waals surface area contributed by atoms with E-state index in [1.165, 1.54) is 6.08 Å². The van der Waals surface area contributed by atoms with Crippen molar-refractivity contribution in [3.8, 4) is 5.75 Å². The van der Waals surface area contributed by atoms with Crippen LogP contribution in [0.4, 0.5) is 16.2 Å². The first-order valence-corrected chi connectivity index (χ1v) is 13.7. The third-order valence-corrected chi connectivity index (χ3v) is 7.17. The summed E-state index contributed by atoms with van der Waals surface area (Å²) in [5.41, 5.74) is 1.81. The second-order valence-electron chi connectivity index (χ2n) is 8.52. The van der Waals surface area contributed by atoms with Gasteiger partial charge in [0.05, 0.1) is 15.8 Å². The summed E-state index contributed by atoms with van der Waals surface area (Å²) >= 11 is 13.1. The van der Waals surface area contributed by atoms with Crippen molar-refractivity contribution in [3.63, 3.8) is 0 Å². The molecule has 0 aliphatic carbocycles. The standard InChI is InChI=1S/C30H19Br2ClN2O4/c31-21-15-20(27(26(32)17-21)39-18-19-8-7-9-22(33)14-19)16-25-28(36)34(23-10-3-1-4-11-23)30(38)35(29(25)37)24-12-5-2-6-13-24/h1-17H,18H2. The summed E-state index contributed by atoms with van der Waals surface area (Å²) in [6.45, 7) is 0.198. The van der Waals surface area contributed by atoms with Crippen LogP contribution in [0.15, 0.2) is 112 Å². The van der Waals surface area contributed by atoms with Crippen LogP contribution in [-0.2, 0) is 16.2 Å². The van der Waals surface area contributed by atoms with Gasteiger partial charge in [-0.3, -0.25) is 9.59 Å². The summed E-state index contributed by atoms with van der Waals surface area (Å²) in [6, 6.07) is 27.0. The van der Waals surface area contributed by atoms with Crippen molar-refractivity contribution in [1.82, 2.24) is 0 Å². The molecule has 0 saturated carbocycles. The van der Waals surface area contributed by atoms with Crippen LogP contribution in [0.25, 0.3) is 6.08 Å². The Morgan fingerprint density at radius 1 is 0.744 bits per heavy atom. The van der Waals surface area contributed by atoms with Crippen LogP contribution in [-0.4, -0.2) is 17.8 Å². The zero-order valence-corrected chi connectivity index (χ0v) is 24.1. The van der Waals surface area contributed by atoms with Gasteiger partial charge in [-0.2, -0.15) is 0 Å². The molecule has 0 bridgehead atoms. The smallest absolute Gasteiger partial charge is 0.343 e. The largest absolute Gasteiger partial charge is 0.487 e. The molecule has 0 aromatic heterocycles. The van der Waals surface area contributed by atoms with Gasteiger partial charge in [0.2, 0.25) is 0 Å². The first kappa shape index (κ1) is 26.9. The molecular formula is C30H19Br2ClN2O4. The van der Waals surface area contributed by atoms with Crippen molar-refractivity contribution in [2.45, 2.75) is 6.61 Å². The van der Waals surface area contributed by atoms with Crippen molar-refractivity contribution in [3.05, 3.63) is 128 Å². The maximum atomic E-state index is 13.7. The summed E-state index contributed by atoms with van der Waals surface area (Å²) in [4.78, 5) is 43.0. The van der Waals surface area contributed by atoms with Crippen LogP contribution in [0.1, 0.15) is 11.1 Å². The highest BCUT2D eigenvalue weighted by Gasteiger charge is 2.43. The van der Waals surface area contributed by atoms with E-state index in [-0.39, 0.29) is 12.2 Å². The lowest BCUT2D eigenvalue weighted by Crippen LogP contribution is -2.57. The number of para-hydroxylation sites is 2. The number of ether oxygens (including phenoxy) is 1. The van der Waals surface area contributed by atoms with Gasteiger partial charge in [0.25, 0.3) is 11.8 Å².